The zero-order valence-electron chi connectivity index (χ0n) is 15.3. The Morgan fingerprint density at radius 3 is 2.10 bits per heavy atom. The van der Waals surface area contributed by atoms with Crippen LogP contribution in [-0.4, -0.2) is 44.6 Å². The fourth-order valence-electron chi connectivity index (χ4n) is 2.26. The first-order valence-corrected chi connectivity index (χ1v) is 9.46. The van der Waals surface area contributed by atoms with Gasteiger partial charge in [0.15, 0.2) is 0 Å². The quantitative estimate of drug-likeness (QED) is 0.532. The molecule has 168 valence electrons. The van der Waals surface area contributed by atoms with Crippen LogP contribution < -0.4 is 5.32 Å². The van der Waals surface area contributed by atoms with Crippen LogP contribution in [0.25, 0.3) is 0 Å². The zero-order valence-corrected chi connectivity index (χ0v) is 16.2. The van der Waals surface area contributed by atoms with Gasteiger partial charge in [-0.05, 0) is 30.3 Å². The number of benzene rings is 2. The van der Waals surface area contributed by atoms with E-state index >= 15 is 0 Å². The molecule has 0 radical (unpaired) electrons. The highest BCUT2D eigenvalue weighted by molar-refractivity contribution is 7.92. The lowest BCUT2D eigenvalue weighted by Crippen LogP contribution is -2.42. The molecule has 2 rings (SSSR count). The smallest absolute Gasteiger partial charge is 0.364 e. The van der Waals surface area contributed by atoms with Crippen LogP contribution in [0.15, 0.2) is 41.3 Å². The van der Waals surface area contributed by atoms with Gasteiger partial charge in [0.05, 0.1) is 10.6 Å². The first-order chi connectivity index (χ1) is 14.3. The highest BCUT2D eigenvalue weighted by atomic mass is 32.2. The van der Waals surface area contributed by atoms with Gasteiger partial charge in [0.25, 0.3) is 15.7 Å². The van der Waals surface area contributed by atoms with E-state index in [1.807, 2.05) is 0 Å². The summed E-state index contributed by atoms with van der Waals surface area (Å²) in [6.45, 7) is -0.833. The molecule has 2 aromatic rings. The first-order valence-electron chi connectivity index (χ1n) is 7.98. The number of nitrogens with one attached hydrogen (secondary N) is 1. The van der Waals surface area contributed by atoms with E-state index in [0.29, 0.717) is 12.1 Å². The molecule has 0 atom stereocenters. The van der Waals surface area contributed by atoms with Gasteiger partial charge in [-0.3, -0.25) is 4.79 Å². The van der Waals surface area contributed by atoms with Gasteiger partial charge in [-0.25, -0.2) is 31.3 Å². The van der Waals surface area contributed by atoms with Gasteiger partial charge in [0, 0.05) is 7.11 Å². The van der Waals surface area contributed by atoms with Crippen molar-refractivity contribution in [2.24, 2.45) is 0 Å². The number of halogens is 6. The molecule has 31 heavy (non-hydrogen) atoms. The van der Waals surface area contributed by atoms with E-state index in [0.717, 1.165) is 25.3 Å². The van der Waals surface area contributed by atoms with Crippen molar-refractivity contribution < 1.29 is 49.1 Å². The van der Waals surface area contributed by atoms with Crippen molar-refractivity contribution in [3.8, 4) is 0 Å². The molecule has 0 heterocycles. The largest absolute Gasteiger partial charge is 0.501 e. The normalized spacial score (nSPS) is 11.8. The van der Waals surface area contributed by atoms with E-state index in [4.69, 9.17) is 0 Å². The summed E-state index contributed by atoms with van der Waals surface area (Å²) in [6.07, 6.45) is 0. The molecule has 1 N–H and O–H groups in total. The Kier molecular flexibility index (Phi) is 6.96. The monoisotopic (exact) mass is 470 g/mol. The number of carbonyl (C=O) groups is 2. The van der Waals surface area contributed by atoms with Gasteiger partial charge in [-0.1, -0.05) is 6.07 Å². The third-order valence-corrected chi connectivity index (χ3v) is 5.21. The van der Waals surface area contributed by atoms with E-state index in [9.17, 15) is 44.3 Å². The van der Waals surface area contributed by atoms with E-state index in [-0.39, 0.29) is 11.0 Å². The molecule has 0 saturated carbocycles. The Labute approximate surface area is 171 Å². The number of amides is 3. The van der Waals surface area contributed by atoms with Gasteiger partial charge in [-0.15, -0.1) is 0 Å². The molecular weight excluding hydrogens is 458 g/mol. The number of carbonyl (C=O) groups excluding carboxylic acids is 2. The van der Waals surface area contributed by atoms with Crippen molar-refractivity contribution in [2.75, 3.05) is 19.2 Å². The number of hydrogen-bond acceptors (Lipinski definition) is 5. The summed E-state index contributed by atoms with van der Waals surface area (Å²) in [6, 6.07) is 1.90. The Balaban J connectivity index is 2.34. The number of rotatable bonds is 5. The van der Waals surface area contributed by atoms with Crippen LogP contribution >= 0.6 is 0 Å². The molecule has 14 heteroatoms. The minimum atomic E-state index is -5.85. The standard InChI is InChI=1S/C17H12F6N2O5S/c1-30-8-25(15(26)14-10(18)3-2-4-11(14)19)16(27)24-13-6-5-9(7-12(13)20)31(28,29)17(21,22)23/h2-7H,8H2,1H3,(H,24,27). The van der Waals surface area contributed by atoms with Crippen molar-refractivity contribution >= 4 is 27.5 Å². The maximum atomic E-state index is 14.1. The predicted molar refractivity (Wildman–Crippen MR) is 93.1 cm³/mol. The van der Waals surface area contributed by atoms with Crippen LogP contribution in [0.5, 0.6) is 0 Å². The predicted octanol–water partition coefficient (Wildman–Crippen LogP) is 3.68. The Bertz CT molecular complexity index is 1100. The summed E-state index contributed by atoms with van der Waals surface area (Å²) < 4.78 is 107. The summed E-state index contributed by atoms with van der Waals surface area (Å²) in [5, 5.41) is 1.79. The minimum absolute atomic E-state index is 0.0114. The maximum absolute atomic E-state index is 14.1. The second-order valence-electron chi connectivity index (χ2n) is 5.77. The average molecular weight is 470 g/mol. The summed E-state index contributed by atoms with van der Waals surface area (Å²) in [5.41, 5.74) is -7.61. The van der Waals surface area contributed by atoms with E-state index in [2.05, 4.69) is 4.74 Å². The number of alkyl halides is 3. The van der Waals surface area contributed by atoms with Gasteiger partial charge in [0.2, 0.25) is 0 Å². The van der Waals surface area contributed by atoms with E-state index < -0.39 is 67.6 Å². The number of anilines is 1. The number of nitrogens with zero attached hydrogens (tertiary/aromatic N) is 1. The summed E-state index contributed by atoms with van der Waals surface area (Å²) in [4.78, 5) is 23.5. The molecule has 2 aromatic carbocycles. The first kappa shape index (κ1) is 24.1. The molecule has 7 nitrogen and oxygen atoms in total. The van der Waals surface area contributed by atoms with Crippen LogP contribution in [0.1, 0.15) is 10.4 Å². The van der Waals surface area contributed by atoms with E-state index in [1.165, 1.54) is 0 Å². The molecule has 0 aliphatic carbocycles. The van der Waals surface area contributed by atoms with Crippen molar-refractivity contribution in [2.45, 2.75) is 10.4 Å². The third kappa shape index (κ3) is 4.96. The molecule has 0 aliphatic rings. The van der Waals surface area contributed by atoms with E-state index in [1.54, 1.807) is 5.32 Å². The lowest BCUT2D eigenvalue weighted by Gasteiger charge is -2.21. The molecule has 3 amide bonds. The van der Waals surface area contributed by atoms with Crippen molar-refractivity contribution in [1.82, 2.24) is 4.90 Å². The second kappa shape index (κ2) is 8.93. The Hall–Kier alpha value is -3.13. The number of methoxy groups -OCH3 is 1. The van der Waals surface area contributed by atoms with Crippen molar-refractivity contribution in [3.63, 3.8) is 0 Å². The highest BCUT2D eigenvalue weighted by Gasteiger charge is 2.47. The fourth-order valence-corrected chi connectivity index (χ4v) is 3.03. The Morgan fingerprint density at radius 1 is 1.03 bits per heavy atom. The zero-order chi connectivity index (χ0) is 23.6. The summed E-state index contributed by atoms with van der Waals surface area (Å²) >= 11 is 0. The summed E-state index contributed by atoms with van der Waals surface area (Å²) in [5.74, 6) is -5.68. The number of sulfone groups is 1. The molecular formula is C17H12F6N2O5S. The van der Waals surface area contributed by atoms with Gasteiger partial charge < -0.3 is 10.1 Å². The summed E-state index contributed by atoms with van der Waals surface area (Å²) in [7, 11) is -4.82. The van der Waals surface area contributed by atoms with Crippen molar-refractivity contribution in [3.05, 3.63) is 59.4 Å². The molecule has 0 bridgehead atoms. The molecule has 0 aromatic heterocycles. The number of ether oxygens (including phenoxy) is 1. The molecule has 0 unspecified atom stereocenters. The highest BCUT2D eigenvalue weighted by Crippen LogP contribution is 2.31. The van der Waals surface area contributed by atoms with Crippen molar-refractivity contribution in [1.29, 1.82) is 0 Å². The van der Waals surface area contributed by atoms with Crippen LogP contribution in [0.2, 0.25) is 0 Å². The molecule has 0 spiro atoms. The Morgan fingerprint density at radius 2 is 1.61 bits per heavy atom. The van der Waals surface area contributed by atoms with Crippen LogP contribution in [0, 0.1) is 17.5 Å². The SMILES string of the molecule is COCN(C(=O)Nc1ccc(S(=O)(=O)C(F)(F)F)cc1F)C(=O)c1c(F)cccc1F. The van der Waals surface area contributed by atoms with Crippen LogP contribution in [-0.2, 0) is 14.6 Å². The third-order valence-electron chi connectivity index (χ3n) is 3.72. The second-order valence-corrected chi connectivity index (χ2v) is 7.71. The lowest BCUT2D eigenvalue weighted by molar-refractivity contribution is -0.0436. The number of hydrogen-bond donors (Lipinski definition) is 1. The number of imide groups is 1. The number of urea groups is 1. The topological polar surface area (TPSA) is 92.8 Å². The fraction of sp³-hybridized carbons (Fsp3) is 0.176. The molecule has 0 fully saturated rings. The minimum Gasteiger partial charge on any atom is -0.364 e. The average Bonchev–Trinajstić information content (AvgIpc) is 2.66. The van der Waals surface area contributed by atoms with Gasteiger partial charge in [-0.2, -0.15) is 13.2 Å². The molecule has 0 saturated heterocycles. The van der Waals surface area contributed by atoms with Crippen LogP contribution in [0.4, 0.5) is 36.8 Å². The van der Waals surface area contributed by atoms with Gasteiger partial charge in [0.1, 0.15) is 29.7 Å². The molecule has 0 aliphatic heterocycles. The lowest BCUT2D eigenvalue weighted by atomic mass is 10.1. The van der Waals surface area contributed by atoms with Crippen LogP contribution in [0.3, 0.4) is 0 Å². The maximum Gasteiger partial charge on any atom is 0.501 e. The van der Waals surface area contributed by atoms with Gasteiger partial charge >= 0.3 is 11.5 Å².